The third-order valence-electron chi connectivity index (χ3n) is 3.00. The van der Waals surface area contributed by atoms with E-state index in [1.165, 1.54) is 0 Å². The van der Waals surface area contributed by atoms with Gasteiger partial charge in [0.25, 0.3) is 0 Å². The first kappa shape index (κ1) is 13.3. The van der Waals surface area contributed by atoms with E-state index in [-0.39, 0.29) is 11.5 Å². The molecule has 2 aromatic rings. The predicted molar refractivity (Wildman–Crippen MR) is 77.3 cm³/mol. The van der Waals surface area contributed by atoms with Crippen LogP contribution in [0.5, 0.6) is 5.75 Å². The number of aromatic hydroxyl groups is 1. The molecule has 0 spiro atoms. The van der Waals surface area contributed by atoms with E-state index in [0.29, 0.717) is 23.5 Å². The zero-order valence-corrected chi connectivity index (χ0v) is 11.3. The molecule has 0 radical (unpaired) electrons. The Balaban J connectivity index is 2.38. The topological polar surface area (TPSA) is 37.3 Å². The van der Waals surface area contributed by atoms with Crippen molar-refractivity contribution in [3.63, 3.8) is 0 Å². The van der Waals surface area contributed by atoms with Gasteiger partial charge in [0.1, 0.15) is 5.75 Å². The highest BCUT2D eigenvalue weighted by atomic mass is 16.3. The van der Waals surface area contributed by atoms with Crippen LogP contribution < -0.4 is 0 Å². The maximum Gasteiger partial charge on any atom is 0.163 e. The van der Waals surface area contributed by atoms with Crippen molar-refractivity contribution < 1.29 is 9.90 Å². The minimum absolute atomic E-state index is 0.118. The molecule has 0 unspecified atom stereocenters. The van der Waals surface area contributed by atoms with E-state index in [2.05, 4.69) is 0 Å². The number of hydrogen-bond donors (Lipinski definition) is 1. The fraction of sp³-hybridized carbons (Fsp3) is 0.235. The summed E-state index contributed by atoms with van der Waals surface area (Å²) in [6.45, 7) is 4.05. The Bertz CT molecular complexity index is 571. The molecule has 0 amide bonds. The lowest BCUT2D eigenvalue weighted by molar-refractivity contribution is 0.0968. The molecule has 0 aliphatic carbocycles. The van der Waals surface area contributed by atoms with Gasteiger partial charge in [-0.1, -0.05) is 44.2 Å². The van der Waals surface area contributed by atoms with Gasteiger partial charge in [-0.25, -0.2) is 0 Å². The molecule has 2 nitrogen and oxygen atoms in total. The van der Waals surface area contributed by atoms with Crippen molar-refractivity contribution >= 4 is 5.78 Å². The predicted octanol–water partition coefficient (Wildman–Crippen LogP) is 4.29. The molecule has 2 aromatic carbocycles. The number of hydrogen-bond acceptors (Lipinski definition) is 2. The monoisotopic (exact) mass is 254 g/mol. The molecule has 2 rings (SSSR count). The van der Waals surface area contributed by atoms with Crippen LogP contribution >= 0.6 is 0 Å². The maximum absolute atomic E-state index is 12.1. The summed E-state index contributed by atoms with van der Waals surface area (Å²) in [6.07, 6.45) is 0.527. The van der Waals surface area contributed by atoms with Gasteiger partial charge in [0, 0.05) is 17.5 Å². The van der Waals surface area contributed by atoms with Crippen LogP contribution in [0.3, 0.4) is 0 Å². The van der Waals surface area contributed by atoms with Crippen molar-refractivity contribution in [3.05, 3.63) is 54.1 Å². The molecule has 0 aromatic heterocycles. The van der Waals surface area contributed by atoms with Crippen molar-refractivity contribution in [2.45, 2.75) is 20.3 Å². The molecular formula is C17H18O2. The molecule has 0 bridgehead atoms. The summed E-state index contributed by atoms with van der Waals surface area (Å²) >= 11 is 0. The third-order valence-corrected chi connectivity index (χ3v) is 3.00. The molecule has 0 saturated heterocycles. The Morgan fingerprint density at radius 3 is 2.42 bits per heavy atom. The number of Topliss-reactive ketones (excluding diaryl/α,β-unsaturated/α-hetero) is 1. The van der Waals surface area contributed by atoms with Gasteiger partial charge in [0.2, 0.25) is 0 Å². The van der Waals surface area contributed by atoms with Crippen LogP contribution in [0.15, 0.2) is 48.5 Å². The molecule has 0 aliphatic heterocycles. The van der Waals surface area contributed by atoms with Crippen LogP contribution in [0, 0.1) is 5.92 Å². The molecular weight excluding hydrogens is 236 g/mol. The second-order valence-electron chi connectivity index (χ2n) is 5.12. The lowest BCUT2D eigenvalue weighted by Crippen LogP contribution is -2.03. The fourth-order valence-electron chi connectivity index (χ4n) is 2.05. The molecule has 0 fully saturated rings. The quantitative estimate of drug-likeness (QED) is 0.826. The van der Waals surface area contributed by atoms with Gasteiger partial charge >= 0.3 is 0 Å². The zero-order chi connectivity index (χ0) is 13.8. The van der Waals surface area contributed by atoms with Gasteiger partial charge in [-0.15, -0.1) is 0 Å². The van der Waals surface area contributed by atoms with E-state index in [9.17, 15) is 9.90 Å². The molecule has 19 heavy (non-hydrogen) atoms. The Morgan fingerprint density at radius 2 is 1.79 bits per heavy atom. The summed E-state index contributed by atoms with van der Waals surface area (Å²) in [6, 6.07) is 14.7. The van der Waals surface area contributed by atoms with Gasteiger partial charge in [0.05, 0.1) is 0 Å². The summed E-state index contributed by atoms with van der Waals surface area (Å²) in [5, 5.41) is 9.94. The van der Waals surface area contributed by atoms with Crippen molar-refractivity contribution in [1.29, 1.82) is 0 Å². The minimum Gasteiger partial charge on any atom is -0.507 e. The first-order chi connectivity index (χ1) is 9.08. The number of phenolic OH excluding ortho intramolecular Hbond substituents is 1. The molecule has 1 N–H and O–H groups in total. The fourth-order valence-corrected chi connectivity index (χ4v) is 2.05. The summed E-state index contributed by atoms with van der Waals surface area (Å²) in [4.78, 5) is 12.1. The highest BCUT2D eigenvalue weighted by Gasteiger charge is 2.11. The van der Waals surface area contributed by atoms with E-state index in [0.717, 1.165) is 5.56 Å². The van der Waals surface area contributed by atoms with Crippen molar-refractivity contribution in [2.24, 2.45) is 5.92 Å². The number of ketones is 1. The minimum atomic E-state index is 0.118. The zero-order valence-electron chi connectivity index (χ0n) is 11.3. The van der Waals surface area contributed by atoms with Crippen LogP contribution in [0.2, 0.25) is 0 Å². The van der Waals surface area contributed by atoms with Crippen LogP contribution in [-0.2, 0) is 0 Å². The van der Waals surface area contributed by atoms with Gasteiger partial charge in [0.15, 0.2) is 5.78 Å². The lowest BCUT2D eigenvalue weighted by Gasteiger charge is -2.09. The number of rotatable bonds is 4. The van der Waals surface area contributed by atoms with E-state index < -0.39 is 0 Å². The van der Waals surface area contributed by atoms with Crippen LogP contribution in [0.25, 0.3) is 11.1 Å². The normalized spacial score (nSPS) is 10.7. The highest BCUT2D eigenvalue weighted by Crippen LogP contribution is 2.30. The second kappa shape index (κ2) is 5.70. The van der Waals surface area contributed by atoms with Gasteiger partial charge in [-0.2, -0.15) is 0 Å². The number of benzene rings is 2. The molecule has 2 heteroatoms. The second-order valence-corrected chi connectivity index (χ2v) is 5.12. The van der Waals surface area contributed by atoms with Crippen molar-refractivity contribution in [3.8, 4) is 16.9 Å². The van der Waals surface area contributed by atoms with Crippen molar-refractivity contribution in [1.82, 2.24) is 0 Å². The summed E-state index contributed by atoms with van der Waals surface area (Å²) in [7, 11) is 0. The van der Waals surface area contributed by atoms with Crippen LogP contribution in [0.4, 0.5) is 0 Å². The molecule has 0 saturated carbocycles. The highest BCUT2D eigenvalue weighted by molar-refractivity contribution is 5.97. The number of phenols is 1. The van der Waals surface area contributed by atoms with E-state index in [4.69, 9.17) is 0 Å². The summed E-state index contributed by atoms with van der Waals surface area (Å²) in [5.41, 5.74) is 2.28. The first-order valence-electron chi connectivity index (χ1n) is 6.49. The molecule has 98 valence electrons. The largest absolute Gasteiger partial charge is 0.507 e. The van der Waals surface area contributed by atoms with E-state index in [1.54, 1.807) is 18.2 Å². The summed E-state index contributed by atoms with van der Waals surface area (Å²) < 4.78 is 0. The van der Waals surface area contributed by atoms with Gasteiger partial charge < -0.3 is 5.11 Å². The lowest BCUT2D eigenvalue weighted by atomic mass is 9.96. The molecule has 0 heterocycles. The Labute approximate surface area is 113 Å². The Hall–Kier alpha value is -2.09. The molecule has 0 aliphatic rings. The number of carbonyl (C=O) groups is 1. The van der Waals surface area contributed by atoms with E-state index in [1.807, 2.05) is 44.2 Å². The third kappa shape index (κ3) is 3.22. The van der Waals surface area contributed by atoms with Crippen molar-refractivity contribution in [2.75, 3.05) is 0 Å². The Morgan fingerprint density at radius 1 is 1.11 bits per heavy atom. The molecule has 0 atom stereocenters. The van der Waals surface area contributed by atoms with Gasteiger partial charge in [-0.05, 0) is 29.7 Å². The summed E-state index contributed by atoms with van der Waals surface area (Å²) in [5.74, 6) is 0.654. The maximum atomic E-state index is 12.1. The average Bonchev–Trinajstić information content (AvgIpc) is 2.39. The Kier molecular flexibility index (Phi) is 4.00. The van der Waals surface area contributed by atoms with Crippen LogP contribution in [0.1, 0.15) is 30.6 Å². The first-order valence-corrected chi connectivity index (χ1v) is 6.49. The standard InChI is InChI=1S/C17H18O2/c1-12(2)10-17(19)14-8-9-16(18)15(11-14)13-6-4-3-5-7-13/h3-9,11-12,18H,10H2,1-2H3. The average molecular weight is 254 g/mol. The van der Waals surface area contributed by atoms with E-state index >= 15 is 0 Å². The number of carbonyl (C=O) groups excluding carboxylic acids is 1. The van der Waals surface area contributed by atoms with Gasteiger partial charge in [-0.3, -0.25) is 4.79 Å². The van der Waals surface area contributed by atoms with Crippen LogP contribution in [-0.4, -0.2) is 10.9 Å². The smallest absolute Gasteiger partial charge is 0.163 e. The SMILES string of the molecule is CC(C)CC(=O)c1ccc(O)c(-c2ccccc2)c1.